The lowest BCUT2D eigenvalue weighted by atomic mass is 9.89. The van der Waals surface area contributed by atoms with Gasteiger partial charge in [0, 0.05) is 19.7 Å². The fraction of sp³-hybridized carbons (Fsp3) is 0.611. The first-order valence-electron chi connectivity index (χ1n) is 8.55. The molecule has 2 fully saturated rings. The lowest BCUT2D eigenvalue weighted by Gasteiger charge is -2.34. The second kappa shape index (κ2) is 7.92. The van der Waals surface area contributed by atoms with Crippen LogP contribution in [0.25, 0.3) is 0 Å². The first-order valence-corrected chi connectivity index (χ1v) is 8.55. The van der Waals surface area contributed by atoms with Gasteiger partial charge in [-0.15, -0.1) is 0 Å². The van der Waals surface area contributed by atoms with Gasteiger partial charge in [0.15, 0.2) is 0 Å². The van der Waals surface area contributed by atoms with Crippen LogP contribution in [0.1, 0.15) is 31.2 Å². The van der Waals surface area contributed by atoms with Crippen LogP contribution in [0, 0.1) is 5.92 Å². The molecule has 0 spiro atoms. The van der Waals surface area contributed by atoms with Crippen LogP contribution in [0.15, 0.2) is 24.3 Å². The van der Waals surface area contributed by atoms with Gasteiger partial charge in [-0.2, -0.15) is 8.78 Å². The van der Waals surface area contributed by atoms with Crippen molar-refractivity contribution in [2.24, 2.45) is 5.92 Å². The zero-order valence-corrected chi connectivity index (χ0v) is 13.6. The summed E-state index contributed by atoms with van der Waals surface area (Å²) in [4.78, 5) is 14.3. The van der Waals surface area contributed by atoms with E-state index in [0.29, 0.717) is 17.6 Å². The summed E-state index contributed by atoms with van der Waals surface area (Å²) in [5.41, 5.74) is 0.694. The van der Waals surface area contributed by atoms with E-state index in [1.165, 1.54) is 12.1 Å². The van der Waals surface area contributed by atoms with Crippen molar-refractivity contribution in [3.8, 4) is 5.75 Å². The second-order valence-electron chi connectivity index (χ2n) is 6.47. The number of nitrogens with zero attached hydrogens (tertiary/aromatic N) is 1. The van der Waals surface area contributed by atoms with Crippen molar-refractivity contribution in [2.45, 2.75) is 44.8 Å². The summed E-state index contributed by atoms with van der Waals surface area (Å²) in [6.07, 6.45) is 4.81. The van der Waals surface area contributed by atoms with Gasteiger partial charge in [-0.05, 0) is 49.3 Å². The molecule has 2 saturated heterocycles. The quantitative estimate of drug-likeness (QED) is 0.827. The Bertz CT molecular complexity index is 553. The second-order valence-corrected chi connectivity index (χ2v) is 6.47. The number of hydrogen-bond donors (Lipinski definition) is 0. The number of alkyl halides is 2. The lowest BCUT2D eigenvalue weighted by Crippen LogP contribution is -2.41. The largest absolute Gasteiger partial charge is 0.435 e. The molecular weight excluding hydrogens is 316 g/mol. The van der Waals surface area contributed by atoms with E-state index < -0.39 is 6.61 Å². The molecule has 0 unspecified atom stereocenters. The van der Waals surface area contributed by atoms with Crippen LogP contribution in [0.5, 0.6) is 5.75 Å². The van der Waals surface area contributed by atoms with Gasteiger partial charge < -0.3 is 14.4 Å². The molecule has 24 heavy (non-hydrogen) atoms. The molecule has 6 heteroatoms. The van der Waals surface area contributed by atoms with E-state index in [-0.39, 0.29) is 18.1 Å². The SMILES string of the molecule is O=C(Cc1cccc(OC(F)F)c1)N1CCC([C@@H]2CCCO2)CC1. The molecule has 0 radical (unpaired) electrons. The molecule has 0 bridgehead atoms. The average Bonchev–Trinajstić information content (AvgIpc) is 3.09. The third kappa shape index (κ3) is 4.44. The van der Waals surface area contributed by atoms with E-state index >= 15 is 0 Å². The third-order valence-corrected chi connectivity index (χ3v) is 4.86. The zero-order valence-electron chi connectivity index (χ0n) is 13.6. The van der Waals surface area contributed by atoms with Gasteiger partial charge in [-0.3, -0.25) is 4.79 Å². The normalized spacial score (nSPS) is 22.1. The highest BCUT2D eigenvalue weighted by Crippen LogP contribution is 2.29. The Morgan fingerprint density at radius 1 is 1.29 bits per heavy atom. The molecule has 3 rings (SSSR count). The maximum atomic E-state index is 12.4. The molecule has 1 amide bonds. The fourth-order valence-corrected chi connectivity index (χ4v) is 3.61. The Labute approximate surface area is 140 Å². The van der Waals surface area contributed by atoms with Gasteiger partial charge in [0.05, 0.1) is 12.5 Å². The monoisotopic (exact) mass is 339 g/mol. The molecule has 2 heterocycles. The Balaban J connectivity index is 1.50. The highest BCUT2D eigenvalue weighted by molar-refractivity contribution is 5.79. The molecule has 2 aliphatic heterocycles. The number of benzene rings is 1. The van der Waals surface area contributed by atoms with E-state index in [1.807, 2.05) is 4.90 Å². The van der Waals surface area contributed by atoms with Crippen molar-refractivity contribution in [3.63, 3.8) is 0 Å². The molecule has 4 nitrogen and oxygen atoms in total. The smallest absolute Gasteiger partial charge is 0.387 e. The number of hydrogen-bond acceptors (Lipinski definition) is 3. The molecule has 0 N–H and O–H groups in total. The highest BCUT2D eigenvalue weighted by Gasteiger charge is 2.30. The number of ether oxygens (including phenoxy) is 2. The minimum atomic E-state index is -2.85. The van der Waals surface area contributed by atoms with Crippen molar-refractivity contribution >= 4 is 5.91 Å². The minimum Gasteiger partial charge on any atom is -0.435 e. The van der Waals surface area contributed by atoms with E-state index in [0.717, 1.165) is 45.4 Å². The zero-order chi connectivity index (χ0) is 16.9. The predicted molar refractivity (Wildman–Crippen MR) is 85.1 cm³/mol. The van der Waals surface area contributed by atoms with Gasteiger partial charge in [-0.25, -0.2) is 0 Å². The van der Waals surface area contributed by atoms with Crippen molar-refractivity contribution in [1.29, 1.82) is 0 Å². The van der Waals surface area contributed by atoms with Gasteiger partial charge in [0.1, 0.15) is 5.75 Å². The summed E-state index contributed by atoms with van der Waals surface area (Å²) in [7, 11) is 0. The Hall–Kier alpha value is -1.69. The van der Waals surface area contributed by atoms with Crippen LogP contribution in [0.2, 0.25) is 0 Å². The maximum Gasteiger partial charge on any atom is 0.387 e. The minimum absolute atomic E-state index is 0.0370. The van der Waals surface area contributed by atoms with Crippen molar-refractivity contribution in [1.82, 2.24) is 4.90 Å². The van der Waals surface area contributed by atoms with Crippen molar-refractivity contribution in [2.75, 3.05) is 19.7 Å². The van der Waals surface area contributed by atoms with Crippen LogP contribution in [0.4, 0.5) is 8.78 Å². The number of likely N-dealkylation sites (tertiary alicyclic amines) is 1. The molecule has 0 aliphatic carbocycles. The van der Waals surface area contributed by atoms with Gasteiger partial charge in [0.25, 0.3) is 0 Å². The van der Waals surface area contributed by atoms with E-state index in [1.54, 1.807) is 12.1 Å². The number of carbonyl (C=O) groups excluding carboxylic acids is 1. The molecule has 1 atom stereocenters. The number of amides is 1. The maximum absolute atomic E-state index is 12.4. The standard InChI is InChI=1S/C18H23F2NO3/c19-18(20)24-15-4-1-3-13(11-15)12-17(22)21-8-6-14(7-9-21)16-5-2-10-23-16/h1,3-4,11,14,16,18H,2,5-10,12H2/t16-/m0/s1. The number of carbonyl (C=O) groups is 1. The van der Waals surface area contributed by atoms with Crippen LogP contribution in [-0.4, -0.2) is 43.2 Å². The van der Waals surface area contributed by atoms with E-state index in [9.17, 15) is 13.6 Å². The Morgan fingerprint density at radius 2 is 2.08 bits per heavy atom. The third-order valence-electron chi connectivity index (χ3n) is 4.86. The summed E-state index contributed by atoms with van der Waals surface area (Å²) in [6, 6.07) is 6.36. The molecule has 0 aromatic heterocycles. The first-order chi connectivity index (χ1) is 11.6. The summed E-state index contributed by atoms with van der Waals surface area (Å²) in [5, 5.41) is 0. The number of halogens is 2. The summed E-state index contributed by atoms with van der Waals surface area (Å²) >= 11 is 0. The van der Waals surface area contributed by atoms with Crippen molar-refractivity contribution < 1.29 is 23.0 Å². The number of piperidine rings is 1. The molecule has 1 aromatic carbocycles. The van der Waals surface area contributed by atoms with Gasteiger partial charge in [0.2, 0.25) is 5.91 Å². The molecule has 2 aliphatic rings. The molecule has 1 aromatic rings. The predicted octanol–water partition coefficient (Wildman–Crippen LogP) is 3.25. The summed E-state index contributed by atoms with van der Waals surface area (Å²) < 4.78 is 34.7. The average molecular weight is 339 g/mol. The van der Waals surface area contributed by atoms with Crippen LogP contribution < -0.4 is 4.74 Å². The van der Waals surface area contributed by atoms with Crippen LogP contribution >= 0.6 is 0 Å². The molecular formula is C18H23F2NO3. The number of rotatable bonds is 5. The summed E-state index contributed by atoms with van der Waals surface area (Å²) in [6.45, 7) is -0.499. The Morgan fingerprint density at radius 3 is 2.75 bits per heavy atom. The van der Waals surface area contributed by atoms with Crippen molar-refractivity contribution in [3.05, 3.63) is 29.8 Å². The lowest BCUT2D eigenvalue weighted by molar-refractivity contribution is -0.132. The van der Waals surface area contributed by atoms with Crippen LogP contribution in [-0.2, 0) is 16.0 Å². The topological polar surface area (TPSA) is 38.8 Å². The van der Waals surface area contributed by atoms with Gasteiger partial charge in [-0.1, -0.05) is 12.1 Å². The van der Waals surface area contributed by atoms with Crippen LogP contribution in [0.3, 0.4) is 0 Å². The fourth-order valence-electron chi connectivity index (χ4n) is 3.61. The van der Waals surface area contributed by atoms with E-state index in [2.05, 4.69) is 4.74 Å². The van der Waals surface area contributed by atoms with Gasteiger partial charge >= 0.3 is 6.61 Å². The van der Waals surface area contributed by atoms with E-state index in [4.69, 9.17) is 4.74 Å². The Kier molecular flexibility index (Phi) is 5.66. The molecule has 132 valence electrons. The first kappa shape index (κ1) is 17.1. The highest BCUT2D eigenvalue weighted by atomic mass is 19.3. The summed E-state index contributed by atoms with van der Waals surface area (Å²) in [5.74, 6) is 0.682. The molecule has 0 saturated carbocycles.